The van der Waals surface area contributed by atoms with Gasteiger partial charge in [-0.25, -0.2) is 0 Å². The summed E-state index contributed by atoms with van der Waals surface area (Å²) in [5.74, 6) is 0.706. The lowest BCUT2D eigenvalue weighted by Gasteiger charge is -2.12. The molecule has 0 heterocycles. The van der Waals surface area contributed by atoms with E-state index in [0.717, 1.165) is 5.56 Å². The molecule has 0 aliphatic carbocycles. The van der Waals surface area contributed by atoms with Crippen molar-refractivity contribution in [3.05, 3.63) is 88.4 Å². The SMILES string of the molecule is COc1ccc(CCNC(=O)c2ccccc2NC(=O)c2ccc(Cl)cc2)cc1OC. The molecule has 0 unspecified atom stereocenters. The van der Waals surface area contributed by atoms with Gasteiger partial charge in [0.05, 0.1) is 25.5 Å². The second-order valence-electron chi connectivity index (χ2n) is 6.70. The Labute approximate surface area is 186 Å². The molecule has 0 aromatic heterocycles. The third-order valence-electron chi connectivity index (χ3n) is 4.67. The van der Waals surface area contributed by atoms with Crippen LogP contribution in [0.1, 0.15) is 26.3 Å². The molecule has 3 aromatic rings. The van der Waals surface area contributed by atoms with Crippen LogP contribution >= 0.6 is 11.6 Å². The zero-order valence-corrected chi connectivity index (χ0v) is 18.0. The number of carbonyl (C=O) groups excluding carboxylic acids is 2. The predicted octanol–water partition coefficient (Wildman–Crippen LogP) is 4.58. The summed E-state index contributed by atoms with van der Waals surface area (Å²) in [6.45, 7) is 0.424. The fourth-order valence-electron chi connectivity index (χ4n) is 3.04. The van der Waals surface area contributed by atoms with Gasteiger partial charge in [-0.15, -0.1) is 0 Å². The Bertz CT molecular complexity index is 1070. The van der Waals surface area contributed by atoms with Crippen molar-refractivity contribution in [1.29, 1.82) is 0 Å². The van der Waals surface area contributed by atoms with E-state index in [0.29, 0.717) is 46.3 Å². The van der Waals surface area contributed by atoms with Crippen molar-refractivity contribution < 1.29 is 19.1 Å². The van der Waals surface area contributed by atoms with E-state index in [-0.39, 0.29) is 11.8 Å². The first kappa shape index (κ1) is 22.2. The minimum atomic E-state index is -0.317. The van der Waals surface area contributed by atoms with Gasteiger partial charge in [0.15, 0.2) is 11.5 Å². The molecule has 0 fully saturated rings. The van der Waals surface area contributed by atoms with Gasteiger partial charge in [-0.1, -0.05) is 29.8 Å². The maximum atomic E-state index is 12.7. The van der Waals surface area contributed by atoms with Crippen LogP contribution in [0.25, 0.3) is 0 Å². The Hall–Kier alpha value is -3.51. The standard InChI is InChI=1S/C24H23ClN2O4/c1-30-21-12-7-16(15-22(21)31-2)13-14-26-24(29)19-5-3-4-6-20(19)27-23(28)17-8-10-18(25)11-9-17/h3-12,15H,13-14H2,1-2H3,(H,26,29)(H,27,28). The fraction of sp³-hybridized carbons (Fsp3) is 0.167. The molecule has 160 valence electrons. The van der Waals surface area contributed by atoms with E-state index in [1.807, 2.05) is 18.2 Å². The minimum Gasteiger partial charge on any atom is -0.493 e. The molecule has 7 heteroatoms. The van der Waals surface area contributed by atoms with Gasteiger partial charge in [0.1, 0.15) is 0 Å². The van der Waals surface area contributed by atoms with Crippen LogP contribution in [0, 0.1) is 0 Å². The summed E-state index contributed by atoms with van der Waals surface area (Å²) in [5.41, 5.74) is 2.28. The van der Waals surface area contributed by atoms with Crippen LogP contribution in [0.15, 0.2) is 66.7 Å². The highest BCUT2D eigenvalue weighted by Crippen LogP contribution is 2.27. The lowest BCUT2D eigenvalue weighted by atomic mass is 10.1. The monoisotopic (exact) mass is 438 g/mol. The predicted molar refractivity (Wildman–Crippen MR) is 121 cm³/mol. The fourth-order valence-corrected chi connectivity index (χ4v) is 3.16. The number of hydrogen-bond donors (Lipinski definition) is 2. The number of rotatable bonds is 8. The molecular formula is C24H23ClN2O4. The number of benzene rings is 3. The molecule has 0 aliphatic rings. The highest BCUT2D eigenvalue weighted by Gasteiger charge is 2.14. The number of halogens is 1. The number of para-hydroxylation sites is 1. The molecule has 0 aliphatic heterocycles. The summed E-state index contributed by atoms with van der Waals surface area (Å²) in [5, 5.41) is 6.23. The van der Waals surface area contributed by atoms with Crippen LogP contribution in [0.4, 0.5) is 5.69 Å². The van der Waals surface area contributed by atoms with Crippen LogP contribution in [-0.4, -0.2) is 32.6 Å². The van der Waals surface area contributed by atoms with Crippen LogP contribution in [-0.2, 0) is 6.42 Å². The smallest absolute Gasteiger partial charge is 0.255 e. The Kier molecular flexibility index (Phi) is 7.51. The zero-order valence-electron chi connectivity index (χ0n) is 17.3. The Balaban J connectivity index is 1.63. The molecule has 6 nitrogen and oxygen atoms in total. The first-order chi connectivity index (χ1) is 15.0. The third kappa shape index (κ3) is 5.77. The van der Waals surface area contributed by atoms with Gasteiger partial charge in [0.2, 0.25) is 0 Å². The van der Waals surface area contributed by atoms with Gasteiger partial charge in [-0.05, 0) is 60.5 Å². The van der Waals surface area contributed by atoms with Gasteiger partial charge in [0.25, 0.3) is 11.8 Å². The van der Waals surface area contributed by atoms with Crippen molar-refractivity contribution >= 4 is 29.1 Å². The summed E-state index contributed by atoms with van der Waals surface area (Å²) in [4.78, 5) is 25.2. The van der Waals surface area contributed by atoms with Crippen LogP contribution in [0.2, 0.25) is 5.02 Å². The number of ether oxygens (including phenoxy) is 2. The summed E-state index contributed by atoms with van der Waals surface area (Å²) in [7, 11) is 3.17. The normalized spacial score (nSPS) is 10.3. The second-order valence-corrected chi connectivity index (χ2v) is 7.14. The van der Waals surface area contributed by atoms with Crippen LogP contribution in [0.5, 0.6) is 11.5 Å². The maximum Gasteiger partial charge on any atom is 0.255 e. The number of hydrogen-bond acceptors (Lipinski definition) is 4. The number of nitrogens with one attached hydrogen (secondary N) is 2. The van der Waals surface area contributed by atoms with E-state index in [1.165, 1.54) is 0 Å². The van der Waals surface area contributed by atoms with E-state index < -0.39 is 0 Å². The minimum absolute atomic E-state index is 0.271. The van der Waals surface area contributed by atoms with Gasteiger partial charge in [-0.3, -0.25) is 9.59 Å². The Morgan fingerprint density at radius 3 is 2.29 bits per heavy atom. The molecule has 0 spiro atoms. The van der Waals surface area contributed by atoms with Gasteiger partial charge < -0.3 is 20.1 Å². The quantitative estimate of drug-likeness (QED) is 0.539. The molecule has 3 rings (SSSR count). The first-order valence-corrected chi connectivity index (χ1v) is 10.0. The van der Waals surface area contributed by atoms with Crippen molar-refractivity contribution in [3.8, 4) is 11.5 Å². The average molecular weight is 439 g/mol. The Morgan fingerprint density at radius 2 is 1.58 bits per heavy atom. The molecular weight excluding hydrogens is 416 g/mol. The van der Waals surface area contributed by atoms with E-state index in [2.05, 4.69) is 10.6 Å². The summed E-state index contributed by atoms with van der Waals surface area (Å²) < 4.78 is 10.5. The van der Waals surface area contributed by atoms with Crippen LogP contribution < -0.4 is 20.1 Å². The van der Waals surface area contributed by atoms with Gasteiger partial charge in [0, 0.05) is 17.1 Å². The van der Waals surface area contributed by atoms with Crippen molar-refractivity contribution in [3.63, 3.8) is 0 Å². The van der Waals surface area contributed by atoms with E-state index >= 15 is 0 Å². The largest absolute Gasteiger partial charge is 0.493 e. The molecule has 2 N–H and O–H groups in total. The average Bonchev–Trinajstić information content (AvgIpc) is 2.79. The zero-order chi connectivity index (χ0) is 22.2. The van der Waals surface area contributed by atoms with E-state index in [1.54, 1.807) is 62.8 Å². The molecule has 3 aromatic carbocycles. The number of methoxy groups -OCH3 is 2. The Morgan fingerprint density at radius 1 is 0.871 bits per heavy atom. The second kappa shape index (κ2) is 10.5. The molecule has 31 heavy (non-hydrogen) atoms. The van der Waals surface area contributed by atoms with Crippen LogP contribution in [0.3, 0.4) is 0 Å². The molecule has 0 bridgehead atoms. The highest BCUT2D eigenvalue weighted by atomic mass is 35.5. The van der Waals surface area contributed by atoms with Gasteiger partial charge in [-0.2, -0.15) is 0 Å². The van der Waals surface area contributed by atoms with Gasteiger partial charge >= 0.3 is 0 Å². The molecule has 0 radical (unpaired) electrons. The first-order valence-electron chi connectivity index (χ1n) is 9.67. The topological polar surface area (TPSA) is 76.7 Å². The molecule has 2 amide bonds. The number of carbonyl (C=O) groups is 2. The number of anilines is 1. The summed E-state index contributed by atoms with van der Waals surface area (Å²) >= 11 is 5.87. The summed E-state index contributed by atoms with van der Waals surface area (Å²) in [6, 6.07) is 19.1. The van der Waals surface area contributed by atoms with Crippen molar-refractivity contribution in [2.24, 2.45) is 0 Å². The molecule has 0 atom stereocenters. The van der Waals surface area contributed by atoms with Crippen molar-refractivity contribution in [2.75, 3.05) is 26.1 Å². The number of amides is 2. The van der Waals surface area contributed by atoms with E-state index in [9.17, 15) is 9.59 Å². The molecule has 0 saturated heterocycles. The lowest BCUT2D eigenvalue weighted by Crippen LogP contribution is -2.27. The van der Waals surface area contributed by atoms with Crippen molar-refractivity contribution in [1.82, 2.24) is 5.32 Å². The third-order valence-corrected chi connectivity index (χ3v) is 4.93. The highest BCUT2D eigenvalue weighted by molar-refractivity contribution is 6.30. The lowest BCUT2D eigenvalue weighted by molar-refractivity contribution is 0.0955. The van der Waals surface area contributed by atoms with Crippen molar-refractivity contribution in [2.45, 2.75) is 6.42 Å². The molecule has 0 saturated carbocycles. The maximum absolute atomic E-state index is 12.7. The summed E-state index contributed by atoms with van der Waals surface area (Å²) in [6.07, 6.45) is 0.616. The van der Waals surface area contributed by atoms with E-state index in [4.69, 9.17) is 21.1 Å².